The van der Waals surface area contributed by atoms with Gasteiger partial charge < -0.3 is 14.6 Å². The number of rotatable bonds is 6. The van der Waals surface area contributed by atoms with E-state index < -0.39 is 0 Å². The van der Waals surface area contributed by atoms with E-state index in [-0.39, 0.29) is 17.8 Å². The number of likely N-dealkylation sites (N-methyl/N-ethyl adjacent to an activating group) is 1. The van der Waals surface area contributed by atoms with Crippen LogP contribution in [-0.2, 0) is 10.7 Å². The van der Waals surface area contributed by atoms with Crippen LogP contribution in [0.25, 0.3) is 11.0 Å². The van der Waals surface area contributed by atoms with Gasteiger partial charge in [-0.1, -0.05) is 6.07 Å². The van der Waals surface area contributed by atoms with Crippen LogP contribution in [0.3, 0.4) is 0 Å². The first-order chi connectivity index (χ1) is 10.1. The second-order valence-corrected chi connectivity index (χ2v) is 4.93. The van der Waals surface area contributed by atoms with E-state index in [9.17, 15) is 4.79 Å². The number of hydrogen-bond acceptors (Lipinski definition) is 3. The predicted octanol–water partition coefficient (Wildman–Crippen LogP) is 2.87. The monoisotopic (exact) mass is 309 g/mol. The maximum atomic E-state index is 12.1. The maximum absolute atomic E-state index is 12.1. The smallest absolute Gasteiger partial charge is 0.242 e. The molecule has 1 atom stereocenters. The quantitative estimate of drug-likeness (QED) is 0.835. The Hall–Kier alpha value is -1.75. The largest absolute Gasteiger partial charge is 0.492 e. The average Bonchev–Trinajstić information content (AvgIpc) is 2.86. The lowest BCUT2D eigenvalue weighted by atomic mass is 10.2. The molecular formula is C15H20ClN3O2. The Morgan fingerprint density at radius 1 is 1.48 bits per heavy atom. The zero-order valence-corrected chi connectivity index (χ0v) is 13.3. The highest BCUT2D eigenvalue weighted by molar-refractivity contribution is 6.17. The van der Waals surface area contributed by atoms with Gasteiger partial charge in [-0.15, -0.1) is 11.6 Å². The van der Waals surface area contributed by atoms with Gasteiger partial charge in [0.2, 0.25) is 5.91 Å². The van der Waals surface area contributed by atoms with Crippen molar-refractivity contribution >= 4 is 28.5 Å². The number of benzene rings is 1. The molecule has 21 heavy (non-hydrogen) atoms. The van der Waals surface area contributed by atoms with E-state index in [1.807, 2.05) is 43.5 Å². The van der Waals surface area contributed by atoms with Crippen LogP contribution in [0.2, 0.25) is 0 Å². The van der Waals surface area contributed by atoms with Crippen molar-refractivity contribution in [3.05, 3.63) is 24.0 Å². The minimum Gasteiger partial charge on any atom is -0.492 e. The van der Waals surface area contributed by atoms with E-state index in [2.05, 4.69) is 10.3 Å². The molecule has 2 rings (SSSR count). The van der Waals surface area contributed by atoms with Crippen molar-refractivity contribution in [3.63, 3.8) is 0 Å². The molecule has 0 saturated heterocycles. The van der Waals surface area contributed by atoms with Crippen molar-refractivity contribution in [1.82, 2.24) is 14.9 Å². The van der Waals surface area contributed by atoms with Gasteiger partial charge in [-0.25, -0.2) is 4.98 Å². The number of halogens is 1. The molecule has 0 spiro atoms. The van der Waals surface area contributed by atoms with Gasteiger partial charge in [0.05, 0.1) is 18.0 Å². The van der Waals surface area contributed by atoms with Gasteiger partial charge in [-0.3, -0.25) is 4.79 Å². The summed E-state index contributed by atoms with van der Waals surface area (Å²) in [7, 11) is 0. The number of carbonyl (C=O) groups is 1. The van der Waals surface area contributed by atoms with Gasteiger partial charge in [0.1, 0.15) is 23.1 Å². The van der Waals surface area contributed by atoms with Crippen LogP contribution < -0.4 is 10.1 Å². The average molecular weight is 310 g/mol. The molecular weight excluding hydrogens is 290 g/mol. The fourth-order valence-electron chi connectivity index (χ4n) is 2.38. The Bertz CT molecular complexity index is 639. The number of amides is 1. The fourth-order valence-corrected chi connectivity index (χ4v) is 2.57. The minimum absolute atomic E-state index is 0.0509. The Morgan fingerprint density at radius 2 is 2.24 bits per heavy atom. The number of para-hydroxylation sites is 1. The Labute approximate surface area is 129 Å². The molecule has 1 amide bonds. The normalized spacial score (nSPS) is 12.4. The lowest BCUT2D eigenvalue weighted by Gasteiger charge is -2.16. The number of hydrogen-bond donors (Lipinski definition) is 1. The number of aromatic nitrogens is 2. The van der Waals surface area contributed by atoms with Crippen molar-refractivity contribution in [2.45, 2.75) is 32.7 Å². The molecule has 1 heterocycles. The van der Waals surface area contributed by atoms with E-state index in [0.29, 0.717) is 24.7 Å². The third-order valence-electron chi connectivity index (χ3n) is 3.29. The number of ether oxygens (including phenoxy) is 1. The first-order valence-corrected chi connectivity index (χ1v) is 7.63. The van der Waals surface area contributed by atoms with Gasteiger partial charge in [-0.2, -0.15) is 0 Å². The highest BCUT2D eigenvalue weighted by Gasteiger charge is 2.22. The molecule has 2 aromatic rings. The minimum atomic E-state index is -0.374. The van der Waals surface area contributed by atoms with Crippen molar-refractivity contribution in [3.8, 4) is 5.75 Å². The van der Waals surface area contributed by atoms with Crippen LogP contribution in [0, 0.1) is 0 Å². The van der Waals surface area contributed by atoms with Crippen molar-refractivity contribution in [2.24, 2.45) is 0 Å². The molecule has 5 nitrogen and oxygen atoms in total. The van der Waals surface area contributed by atoms with Crippen LogP contribution in [0.4, 0.5) is 0 Å². The summed E-state index contributed by atoms with van der Waals surface area (Å²) < 4.78 is 7.47. The summed E-state index contributed by atoms with van der Waals surface area (Å²) in [6, 6.07) is 5.32. The van der Waals surface area contributed by atoms with E-state index in [1.165, 1.54) is 0 Å². The number of fused-ring (bicyclic) bond motifs is 1. The SMILES string of the molecule is CCNC(=O)C(C)n1c(CCl)nc2c(OCC)cccc21. The number of imidazole rings is 1. The molecule has 1 N–H and O–H groups in total. The molecule has 0 radical (unpaired) electrons. The number of nitrogens with zero attached hydrogens (tertiary/aromatic N) is 2. The lowest BCUT2D eigenvalue weighted by Crippen LogP contribution is -2.31. The topological polar surface area (TPSA) is 56.2 Å². The zero-order valence-electron chi connectivity index (χ0n) is 12.5. The summed E-state index contributed by atoms with van der Waals surface area (Å²) in [4.78, 5) is 16.7. The van der Waals surface area contributed by atoms with E-state index in [4.69, 9.17) is 16.3 Å². The first-order valence-electron chi connectivity index (χ1n) is 7.10. The van der Waals surface area contributed by atoms with Crippen LogP contribution >= 0.6 is 11.6 Å². The molecule has 0 saturated carbocycles. The fraction of sp³-hybridized carbons (Fsp3) is 0.467. The third kappa shape index (κ3) is 2.97. The van der Waals surface area contributed by atoms with Gasteiger partial charge in [0.15, 0.2) is 0 Å². The summed E-state index contributed by atoms with van der Waals surface area (Å²) in [5, 5.41) is 2.83. The molecule has 0 aliphatic carbocycles. The third-order valence-corrected chi connectivity index (χ3v) is 3.53. The highest BCUT2D eigenvalue weighted by Crippen LogP contribution is 2.29. The van der Waals surface area contributed by atoms with Gasteiger partial charge >= 0.3 is 0 Å². The van der Waals surface area contributed by atoms with Crippen molar-refractivity contribution in [1.29, 1.82) is 0 Å². The molecule has 1 aromatic heterocycles. The van der Waals surface area contributed by atoms with Gasteiger partial charge in [0.25, 0.3) is 0 Å². The van der Waals surface area contributed by atoms with Crippen LogP contribution in [0.5, 0.6) is 5.75 Å². The highest BCUT2D eigenvalue weighted by atomic mass is 35.5. The molecule has 1 unspecified atom stereocenters. The predicted molar refractivity (Wildman–Crippen MR) is 83.9 cm³/mol. The Morgan fingerprint density at radius 3 is 2.86 bits per heavy atom. The molecule has 0 fully saturated rings. The zero-order chi connectivity index (χ0) is 15.4. The van der Waals surface area contributed by atoms with Crippen LogP contribution in [0.15, 0.2) is 18.2 Å². The summed E-state index contributed by atoms with van der Waals surface area (Å²) in [5.74, 6) is 1.56. The summed E-state index contributed by atoms with van der Waals surface area (Å²) in [6.45, 7) is 6.82. The van der Waals surface area contributed by atoms with E-state index >= 15 is 0 Å². The van der Waals surface area contributed by atoms with Crippen molar-refractivity contribution < 1.29 is 9.53 Å². The van der Waals surface area contributed by atoms with Crippen LogP contribution in [0.1, 0.15) is 32.6 Å². The second kappa shape index (κ2) is 6.80. The number of carbonyl (C=O) groups excluding carboxylic acids is 1. The van der Waals surface area contributed by atoms with Gasteiger partial charge in [0, 0.05) is 6.54 Å². The van der Waals surface area contributed by atoms with Gasteiger partial charge in [-0.05, 0) is 32.9 Å². The lowest BCUT2D eigenvalue weighted by molar-refractivity contribution is -0.123. The standard InChI is InChI=1S/C15H20ClN3O2/c1-4-17-15(20)10(3)19-11-7-6-8-12(21-5-2)14(11)18-13(19)9-16/h6-8,10H,4-5,9H2,1-3H3,(H,17,20). The maximum Gasteiger partial charge on any atom is 0.242 e. The molecule has 0 aliphatic rings. The summed E-state index contributed by atoms with van der Waals surface area (Å²) in [6.07, 6.45) is 0. The van der Waals surface area contributed by atoms with Crippen LogP contribution in [-0.4, -0.2) is 28.6 Å². The molecule has 6 heteroatoms. The van der Waals surface area contributed by atoms with E-state index in [1.54, 1.807) is 0 Å². The summed E-state index contributed by atoms with van der Waals surface area (Å²) >= 11 is 6.00. The molecule has 0 aliphatic heterocycles. The second-order valence-electron chi connectivity index (χ2n) is 4.66. The van der Waals surface area contributed by atoms with E-state index in [0.717, 1.165) is 11.0 Å². The molecule has 0 bridgehead atoms. The number of alkyl halides is 1. The van der Waals surface area contributed by atoms with Crippen molar-refractivity contribution in [2.75, 3.05) is 13.2 Å². The summed E-state index contributed by atoms with van der Waals surface area (Å²) in [5.41, 5.74) is 1.60. The number of nitrogens with one attached hydrogen (secondary N) is 1. The molecule has 114 valence electrons. The Kier molecular flexibility index (Phi) is 5.07. The molecule has 1 aromatic carbocycles. The Balaban J connectivity index is 2.56. The first kappa shape index (κ1) is 15.6.